The molecule has 1 amide bonds. The van der Waals surface area contributed by atoms with E-state index in [1.165, 1.54) is 0 Å². The lowest BCUT2D eigenvalue weighted by Gasteiger charge is -1.99. The lowest BCUT2D eigenvalue weighted by atomic mass is 10.2. The molecule has 3 aromatic heterocycles. The molecular formula is C13H12N4OS. The molecule has 5 nitrogen and oxygen atoms in total. The van der Waals surface area contributed by atoms with Gasteiger partial charge in [-0.2, -0.15) is 0 Å². The molecule has 2 N–H and O–H groups in total. The van der Waals surface area contributed by atoms with E-state index < -0.39 is 5.91 Å². The van der Waals surface area contributed by atoms with Crippen LogP contribution in [-0.2, 0) is 7.05 Å². The highest BCUT2D eigenvalue weighted by Crippen LogP contribution is 2.28. The molecular weight excluding hydrogens is 260 g/mol. The molecule has 0 bridgehead atoms. The van der Waals surface area contributed by atoms with E-state index in [2.05, 4.69) is 9.97 Å². The lowest BCUT2D eigenvalue weighted by Crippen LogP contribution is -2.10. The van der Waals surface area contributed by atoms with Crippen LogP contribution in [0.5, 0.6) is 0 Å². The van der Waals surface area contributed by atoms with Gasteiger partial charge in [0, 0.05) is 31.2 Å². The summed E-state index contributed by atoms with van der Waals surface area (Å²) < 4.78 is 1.86. The van der Waals surface area contributed by atoms with Crippen molar-refractivity contribution in [3.8, 4) is 10.4 Å². The standard InChI is InChI=1S/C13H12N4OS/c1-7-15-5-11(19-7)8-3-10-12(16-4-8)9(13(14)18)6-17(10)2/h3-6H,1-2H3,(H2,14,18). The van der Waals surface area contributed by atoms with Gasteiger partial charge in [-0.15, -0.1) is 11.3 Å². The fraction of sp³-hybridized carbons (Fsp3) is 0.154. The van der Waals surface area contributed by atoms with Crippen LogP contribution in [0, 0.1) is 6.92 Å². The molecule has 0 saturated heterocycles. The van der Waals surface area contributed by atoms with Gasteiger partial charge in [0.15, 0.2) is 0 Å². The molecule has 3 heterocycles. The molecule has 0 aromatic carbocycles. The Morgan fingerprint density at radius 2 is 2.16 bits per heavy atom. The van der Waals surface area contributed by atoms with Crippen LogP contribution >= 0.6 is 11.3 Å². The highest BCUT2D eigenvalue weighted by molar-refractivity contribution is 7.15. The number of amides is 1. The predicted octanol–water partition coefficient (Wildman–Crippen LogP) is 2.10. The quantitative estimate of drug-likeness (QED) is 0.776. The summed E-state index contributed by atoms with van der Waals surface area (Å²) in [5.41, 5.74) is 8.32. The van der Waals surface area contributed by atoms with Crippen LogP contribution in [0.4, 0.5) is 0 Å². The van der Waals surface area contributed by atoms with Crippen LogP contribution in [0.1, 0.15) is 15.4 Å². The Kier molecular flexibility index (Phi) is 2.60. The number of rotatable bonds is 2. The first-order valence-corrected chi connectivity index (χ1v) is 6.55. The van der Waals surface area contributed by atoms with Gasteiger partial charge in [0.25, 0.3) is 5.91 Å². The van der Waals surface area contributed by atoms with Crippen molar-refractivity contribution < 1.29 is 4.79 Å². The number of nitrogens with zero attached hydrogens (tertiary/aromatic N) is 3. The minimum atomic E-state index is -0.459. The van der Waals surface area contributed by atoms with Gasteiger partial charge in [-0.25, -0.2) is 4.98 Å². The first kappa shape index (κ1) is 11.9. The highest BCUT2D eigenvalue weighted by Gasteiger charge is 2.13. The second-order valence-electron chi connectivity index (χ2n) is 4.35. The zero-order valence-corrected chi connectivity index (χ0v) is 11.4. The van der Waals surface area contributed by atoms with Gasteiger partial charge in [0.1, 0.15) is 5.52 Å². The second-order valence-corrected chi connectivity index (χ2v) is 5.59. The molecule has 0 atom stereocenters. The van der Waals surface area contributed by atoms with E-state index in [0.717, 1.165) is 21.0 Å². The van der Waals surface area contributed by atoms with E-state index in [0.29, 0.717) is 11.1 Å². The normalized spacial score (nSPS) is 11.1. The number of carbonyl (C=O) groups is 1. The number of aryl methyl sites for hydroxylation is 2. The molecule has 0 spiro atoms. The van der Waals surface area contributed by atoms with Gasteiger partial charge in [0.2, 0.25) is 0 Å². The summed E-state index contributed by atoms with van der Waals surface area (Å²) >= 11 is 1.62. The zero-order chi connectivity index (χ0) is 13.6. The van der Waals surface area contributed by atoms with Gasteiger partial charge in [-0.05, 0) is 13.0 Å². The fourth-order valence-electron chi connectivity index (χ4n) is 2.06. The van der Waals surface area contributed by atoms with E-state index >= 15 is 0 Å². The van der Waals surface area contributed by atoms with Crippen molar-refractivity contribution in [1.82, 2.24) is 14.5 Å². The number of primary amides is 1. The van der Waals surface area contributed by atoms with E-state index in [9.17, 15) is 4.79 Å². The predicted molar refractivity (Wildman–Crippen MR) is 75.1 cm³/mol. The molecule has 6 heteroatoms. The lowest BCUT2D eigenvalue weighted by molar-refractivity contribution is 0.100. The molecule has 0 aliphatic rings. The molecule has 3 aromatic rings. The molecule has 96 valence electrons. The van der Waals surface area contributed by atoms with Crippen molar-refractivity contribution >= 4 is 28.3 Å². The third kappa shape index (κ3) is 1.90. The summed E-state index contributed by atoms with van der Waals surface area (Å²) in [5, 5.41) is 1.01. The highest BCUT2D eigenvalue weighted by atomic mass is 32.1. The maximum Gasteiger partial charge on any atom is 0.252 e. The Bertz CT molecular complexity index is 787. The third-order valence-corrected chi connectivity index (χ3v) is 3.96. The first-order chi connectivity index (χ1) is 9.06. The third-order valence-electron chi connectivity index (χ3n) is 3.00. The number of carbonyl (C=O) groups excluding carboxylic acids is 1. The van der Waals surface area contributed by atoms with Crippen LogP contribution in [0.3, 0.4) is 0 Å². The minimum absolute atomic E-state index is 0.449. The SMILES string of the molecule is Cc1ncc(-c2cnc3c(C(N)=O)cn(C)c3c2)s1. The summed E-state index contributed by atoms with van der Waals surface area (Å²) in [5.74, 6) is -0.459. The van der Waals surface area contributed by atoms with Crippen molar-refractivity contribution in [3.63, 3.8) is 0 Å². The van der Waals surface area contributed by atoms with E-state index in [1.807, 2.05) is 30.8 Å². The monoisotopic (exact) mass is 272 g/mol. The Balaban J connectivity index is 2.21. The smallest absolute Gasteiger partial charge is 0.252 e. The Hall–Kier alpha value is -2.21. The average Bonchev–Trinajstić information content (AvgIpc) is 2.94. The molecule has 19 heavy (non-hydrogen) atoms. The van der Waals surface area contributed by atoms with Crippen molar-refractivity contribution in [1.29, 1.82) is 0 Å². The van der Waals surface area contributed by atoms with Gasteiger partial charge in [-0.3, -0.25) is 9.78 Å². The zero-order valence-electron chi connectivity index (χ0n) is 10.5. The van der Waals surface area contributed by atoms with Crippen molar-refractivity contribution in [2.24, 2.45) is 12.8 Å². The fourth-order valence-corrected chi connectivity index (χ4v) is 2.82. The van der Waals surface area contributed by atoms with Crippen molar-refractivity contribution in [3.05, 3.63) is 35.2 Å². The molecule has 0 aliphatic heterocycles. The minimum Gasteiger partial charge on any atom is -0.365 e. The first-order valence-electron chi connectivity index (χ1n) is 5.74. The molecule has 0 radical (unpaired) electrons. The topological polar surface area (TPSA) is 73.8 Å². The van der Waals surface area contributed by atoms with E-state index in [-0.39, 0.29) is 0 Å². The summed E-state index contributed by atoms with van der Waals surface area (Å²) in [6.07, 6.45) is 5.30. The number of pyridine rings is 1. The molecule has 0 saturated carbocycles. The molecule has 0 unspecified atom stereocenters. The van der Waals surface area contributed by atoms with E-state index in [4.69, 9.17) is 5.73 Å². The van der Waals surface area contributed by atoms with Gasteiger partial charge < -0.3 is 10.3 Å². The number of thiazole rings is 1. The Morgan fingerprint density at radius 1 is 1.37 bits per heavy atom. The van der Waals surface area contributed by atoms with Gasteiger partial charge in [-0.1, -0.05) is 0 Å². The van der Waals surface area contributed by atoms with Crippen LogP contribution in [0.25, 0.3) is 21.5 Å². The second kappa shape index (κ2) is 4.17. The largest absolute Gasteiger partial charge is 0.365 e. The van der Waals surface area contributed by atoms with E-state index in [1.54, 1.807) is 23.7 Å². The molecule has 3 rings (SSSR count). The average molecular weight is 272 g/mol. The van der Waals surface area contributed by atoms with Gasteiger partial charge in [0.05, 0.1) is 21.0 Å². The Morgan fingerprint density at radius 3 is 2.79 bits per heavy atom. The van der Waals surface area contributed by atoms with Crippen LogP contribution in [0.2, 0.25) is 0 Å². The molecule has 0 fully saturated rings. The summed E-state index contributed by atoms with van der Waals surface area (Å²) in [6, 6.07) is 2.00. The number of hydrogen-bond acceptors (Lipinski definition) is 4. The number of aromatic nitrogens is 3. The van der Waals surface area contributed by atoms with Crippen molar-refractivity contribution in [2.75, 3.05) is 0 Å². The summed E-state index contributed by atoms with van der Waals surface area (Å²) in [6.45, 7) is 1.97. The van der Waals surface area contributed by atoms with Gasteiger partial charge >= 0.3 is 0 Å². The maximum absolute atomic E-state index is 11.3. The number of nitrogens with two attached hydrogens (primary N) is 1. The van der Waals surface area contributed by atoms with Crippen LogP contribution in [-0.4, -0.2) is 20.4 Å². The maximum atomic E-state index is 11.3. The Labute approximate surface area is 113 Å². The van der Waals surface area contributed by atoms with Crippen LogP contribution in [0.15, 0.2) is 24.7 Å². The summed E-state index contributed by atoms with van der Waals surface area (Å²) in [7, 11) is 1.87. The summed E-state index contributed by atoms with van der Waals surface area (Å²) in [4.78, 5) is 21.0. The molecule has 0 aliphatic carbocycles. The van der Waals surface area contributed by atoms with Crippen molar-refractivity contribution in [2.45, 2.75) is 6.92 Å². The van der Waals surface area contributed by atoms with Crippen LogP contribution < -0.4 is 5.73 Å². The number of hydrogen-bond donors (Lipinski definition) is 1. The number of fused-ring (bicyclic) bond motifs is 1.